The fourth-order valence-electron chi connectivity index (χ4n) is 3.29. The number of likely N-dealkylation sites (tertiary alicyclic amines) is 1. The van der Waals surface area contributed by atoms with Crippen LogP contribution in [0.25, 0.3) is 0 Å². The number of carboxylic acids is 1. The largest absolute Gasteiger partial charge is 0.633 e. The molecule has 0 radical (unpaired) electrons. The van der Waals surface area contributed by atoms with E-state index in [4.69, 9.17) is 0 Å². The lowest BCUT2D eigenvalue weighted by atomic mass is 9.69. The van der Waals surface area contributed by atoms with Gasteiger partial charge in [0.15, 0.2) is 0 Å². The molecular weight excluding hydrogens is 254 g/mol. The van der Waals surface area contributed by atoms with Crippen molar-refractivity contribution in [1.82, 2.24) is 0 Å². The van der Waals surface area contributed by atoms with Crippen LogP contribution in [0.5, 0.6) is 0 Å². The first kappa shape index (κ1) is 15.0. The van der Waals surface area contributed by atoms with Crippen LogP contribution in [0.3, 0.4) is 0 Å². The zero-order valence-corrected chi connectivity index (χ0v) is 12.6. The molecule has 20 heavy (non-hydrogen) atoms. The van der Waals surface area contributed by atoms with Gasteiger partial charge in [-0.05, 0) is 31.4 Å². The zero-order chi connectivity index (χ0) is 15.1. The predicted octanol–water partition coefficient (Wildman–Crippen LogP) is 3.23. The molecule has 2 rings (SSSR count). The third-order valence-electron chi connectivity index (χ3n) is 5.39. The molecule has 0 spiro atoms. The highest BCUT2D eigenvalue weighted by Gasteiger charge is 2.47. The standard InChI is InChI=1S/C16H23NO3/c1-11-12(9-10-17(4,20)16(11,2)3)13-7-5-6-8-14(13)15(18)19/h5-8,11-12H,9-10H2,1-4H3,(H,18,19). The van der Waals surface area contributed by atoms with Crippen molar-refractivity contribution < 1.29 is 14.5 Å². The van der Waals surface area contributed by atoms with Crippen molar-refractivity contribution in [3.63, 3.8) is 0 Å². The molecule has 0 aliphatic carbocycles. The van der Waals surface area contributed by atoms with E-state index in [1.165, 1.54) is 0 Å². The van der Waals surface area contributed by atoms with Crippen molar-refractivity contribution in [3.05, 3.63) is 40.6 Å². The second-order valence-corrected chi connectivity index (χ2v) is 6.55. The number of hydroxylamine groups is 3. The minimum Gasteiger partial charge on any atom is -0.633 e. The van der Waals surface area contributed by atoms with Gasteiger partial charge in [0.2, 0.25) is 0 Å². The first-order valence-electron chi connectivity index (χ1n) is 7.07. The van der Waals surface area contributed by atoms with Crippen LogP contribution >= 0.6 is 0 Å². The normalized spacial score (nSPS) is 32.9. The first-order chi connectivity index (χ1) is 9.18. The second kappa shape index (κ2) is 4.86. The molecular formula is C16H23NO3. The number of rotatable bonds is 2. The Morgan fingerprint density at radius 2 is 2.00 bits per heavy atom. The van der Waals surface area contributed by atoms with E-state index in [9.17, 15) is 15.1 Å². The molecule has 1 aliphatic rings. The molecule has 1 fully saturated rings. The third-order valence-corrected chi connectivity index (χ3v) is 5.39. The molecule has 1 N–H and O–H groups in total. The second-order valence-electron chi connectivity index (χ2n) is 6.55. The van der Waals surface area contributed by atoms with E-state index in [1.807, 2.05) is 26.0 Å². The molecule has 4 nitrogen and oxygen atoms in total. The van der Waals surface area contributed by atoms with E-state index >= 15 is 0 Å². The minimum absolute atomic E-state index is 0.123. The van der Waals surface area contributed by atoms with Crippen LogP contribution in [-0.2, 0) is 0 Å². The molecule has 4 heteroatoms. The minimum atomic E-state index is -0.893. The Kier molecular flexibility index (Phi) is 3.65. The van der Waals surface area contributed by atoms with E-state index in [-0.39, 0.29) is 16.5 Å². The Balaban J connectivity index is 2.43. The van der Waals surface area contributed by atoms with Gasteiger partial charge in [0, 0.05) is 12.3 Å². The topological polar surface area (TPSA) is 60.4 Å². The van der Waals surface area contributed by atoms with E-state index in [2.05, 4.69) is 6.92 Å². The monoisotopic (exact) mass is 277 g/mol. The fraction of sp³-hybridized carbons (Fsp3) is 0.562. The van der Waals surface area contributed by atoms with E-state index in [0.717, 1.165) is 12.0 Å². The SMILES string of the molecule is CC1C(c2ccccc2C(=O)O)CC[N+](C)([O-])C1(C)C. The quantitative estimate of drug-likeness (QED) is 0.667. The highest BCUT2D eigenvalue weighted by Crippen LogP contribution is 2.46. The summed E-state index contributed by atoms with van der Waals surface area (Å²) < 4.78 is -0.264. The lowest BCUT2D eigenvalue weighted by Crippen LogP contribution is -2.63. The first-order valence-corrected chi connectivity index (χ1v) is 7.07. The highest BCUT2D eigenvalue weighted by atomic mass is 16.5. The molecule has 1 saturated heterocycles. The molecule has 1 heterocycles. The van der Waals surface area contributed by atoms with Crippen molar-refractivity contribution in [2.45, 2.75) is 38.6 Å². The summed E-state index contributed by atoms with van der Waals surface area (Å²) in [6.45, 7) is 6.56. The number of carboxylic acid groups (broad SMARTS) is 1. The molecule has 1 aromatic carbocycles. The van der Waals surface area contributed by atoms with Gasteiger partial charge < -0.3 is 15.0 Å². The predicted molar refractivity (Wildman–Crippen MR) is 78.4 cm³/mol. The number of quaternary nitrogens is 1. The van der Waals surface area contributed by atoms with E-state index in [0.29, 0.717) is 12.1 Å². The smallest absolute Gasteiger partial charge is 0.335 e. The zero-order valence-electron chi connectivity index (χ0n) is 12.6. The van der Waals surface area contributed by atoms with Gasteiger partial charge in [-0.1, -0.05) is 25.1 Å². The summed E-state index contributed by atoms with van der Waals surface area (Å²) in [5.41, 5.74) is 0.802. The van der Waals surface area contributed by atoms with Crippen LogP contribution in [-0.4, -0.2) is 34.9 Å². The number of hydrogen-bond donors (Lipinski definition) is 1. The summed E-state index contributed by atoms with van der Waals surface area (Å²) in [6.07, 6.45) is 0.731. The Morgan fingerprint density at radius 3 is 2.60 bits per heavy atom. The van der Waals surface area contributed by atoms with Gasteiger partial charge in [0.25, 0.3) is 0 Å². The van der Waals surface area contributed by atoms with Crippen LogP contribution in [0.4, 0.5) is 0 Å². The fourth-order valence-corrected chi connectivity index (χ4v) is 3.29. The molecule has 0 saturated carbocycles. The van der Waals surface area contributed by atoms with Crippen LogP contribution in [0.2, 0.25) is 0 Å². The summed E-state index contributed by atoms with van der Waals surface area (Å²) in [5, 5.41) is 22.0. The molecule has 0 aromatic heterocycles. The highest BCUT2D eigenvalue weighted by molar-refractivity contribution is 5.89. The maximum atomic E-state index is 12.6. The maximum absolute atomic E-state index is 12.6. The molecule has 3 atom stereocenters. The summed E-state index contributed by atoms with van der Waals surface area (Å²) in [7, 11) is 1.72. The third kappa shape index (κ3) is 2.23. The van der Waals surface area contributed by atoms with Crippen LogP contribution in [0, 0.1) is 11.1 Å². The average Bonchev–Trinajstić information content (AvgIpc) is 2.37. The summed E-state index contributed by atoms with van der Waals surface area (Å²) in [5.74, 6) is -0.646. The van der Waals surface area contributed by atoms with E-state index < -0.39 is 11.5 Å². The van der Waals surface area contributed by atoms with Gasteiger partial charge in [0.05, 0.1) is 24.7 Å². The van der Waals surface area contributed by atoms with Crippen molar-refractivity contribution >= 4 is 5.97 Å². The summed E-state index contributed by atoms with van der Waals surface area (Å²) in [4.78, 5) is 11.4. The van der Waals surface area contributed by atoms with Gasteiger partial charge in [-0.2, -0.15) is 0 Å². The number of aromatic carboxylic acids is 1. The summed E-state index contributed by atoms with van der Waals surface area (Å²) in [6, 6.07) is 7.17. The van der Waals surface area contributed by atoms with Gasteiger partial charge in [-0.3, -0.25) is 0 Å². The van der Waals surface area contributed by atoms with E-state index in [1.54, 1.807) is 19.2 Å². The van der Waals surface area contributed by atoms with Gasteiger partial charge in [-0.15, -0.1) is 0 Å². The van der Waals surface area contributed by atoms with Crippen LogP contribution < -0.4 is 0 Å². The molecule has 3 unspecified atom stereocenters. The van der Waals surface area contributed by atoms with Crippen LogP contribution in [0.15, 0.2) is 24.3 Å². The molecule has 0 bridgehead atoms. The van der Waals surface area contributed by atoms with Crippen molar-refractivity contribution in [2.24, 2.45) is 5.92 Å². The van der Waals surface area contributed by atoms with Crippen LogP contribution in [0.1, 0.15) is 49.0 Å². The average molecular weight is 277 g/mol. The molecule has 1 aromatic rings. The number of piperidine rings is 1. The van der Waals surface area contributed by atoms with Gasteiger partial charge in [-0.25, -0.2) is 4.79 Å². The molecule has 0 amide bonds. The lowest BCUT2D eigenvalue weighted by molar-refractivity contribution is -0.921. The Labute approximate surface area is 120 Å². The van der Waals surface area contributed by atoms with Crippen molar-refractivity contribution in [2.75, 3.05) is 13.6 Å². The van der Waals surface area contributed by atoms with Gasteiger partial charge >= 0.3 is 5.97 Å². The Hall–Kier alpha value is -1.39. The van der Waals surface area contributed by atoms with Gasteiger partial charge in [0.1, 0.15) is 0 Å². The Morgan fingerprint density at radius 1 is 1.40 bits per heavy atom. The number of hydrogen-bond acceptors (Lipinski definition) is 2. The lowest BCUT2D eigenvalue weighted by Gasteiger charge is -2.59. The summed E-state index contributed by atoms with van der Waals surface area (Å²) >= 11 is 0. The maximum Gasteiger partial charge on any atom is 0.335 e. The molecule has 1 aliphatic heterocycles. The van der Waals surface area contributed by atoms with Crippen molar-refractivity contribution in [3.8, 4) is 0 Å². The number of nitrogens with zero attached hydrogens (tertiary/aromatic N) is 1. The Bertz CT molecular complexity index is 522. The van der Waals surface area contributed by atoms with Crippen molar-refractivity contribution in [1.29, 1.82) is 0 Å². The number of benzene rings is 1. The number of carbonyl (C=O) groups is 1. The molecule has 110 valence electrons.